The van der Waals surface area contributed by atoms with Crippen molar-refractivity contribution in [3.8, 4) is 17.2 Å². The second-order valence-corrected chi connectivity index (χ2v) is 4.62. The van der Waals surface area contributed by atoms with E-state index in [4.69, 9.17) is 19.3 Å². The van der Waals surface area contributed by atoms with Crippen molar-refractivity contribution >= 4 is 0 Å². The largest absolute Gasteiger partial charge is 0.489 e. The van der Waals surface area contributed by atoms with Crippen LogP contribution in [0.5, 0.6) is 17.2 Å². The van der Waals surface area contributed by atoms with Crippen molar-refractivity contribution in [2.24, 2.45) is 0 Å². The van der Waals surface area contributed by atoms with Crippen LogP contribution in [0.4, 0.5) is 0 Å². The Labute approximate surface area is 117 Å². The zero-order valence-electron chi connectivity index (χ0n) is 11.0. The van der Waals surface area contributed by atoms with E-state index >= 15 is 0 Å². The van der Waals surface area contributed by atoms with Crippen LogP contribution in [0.15, 0.2) is 48.5 Å². The van der Waals surface area contributed by atoms with Gasteiger partial charge in [-0.25, -0.2) is 0 Å². The summed E-state index contributed by atoms with van der Waals surface area (Å²) >= 11 is 0. The number of hydrogen-bond donors (Lipinski definition) is 1. The third-order valence-corrected chi connectivity index (χ3v) is 3.09. The lowest BCUT2D eigenvalue weighted by Gasteiger charge is -2.25. The highest BCUT2D eigenvalue weighted by atomic mass is 16.6. The lowest BCUT2D eigenvalue weighted by atomic mass is 10.2. The average molecular weight is 272 g/mol. The Balaban J connectivity index is 1.69. The predicted octanol–water partition coefficient (Wildman–Crippen LogP) is 2.40. The maximum Gasteiger partial charge on any atom is 0.165 e. The zero-order valence-corrected chi connectivity index (χ0v) is 11.0. The van der Waals surface area contributed by atoms with Crippen LogP contribution in [0.1, 0.15) is 5.56 Å². The first-order chi connectivity index (χ1) is 9.85. The molecule has 4 heteroatoms. The molecule has 0 aliphatic carbocycles. The first-order valence-electron chi connectivity index (χ1n) is 6.56. The molecule has 1 aliphatic rings. The van der Waals surface area contributed by atoms with Crippen molar-refractivity contribution in [2.75, 3.05) is 13.2 Å². The van der Waals surface area contributed by atoms with Gasteiger partial charge in [-0.1, -0.05) is 30.3 Å². The van der Waals surface area contributed by atoms with Gasteiger partial charge in [-0.2, -0.15) is 0 Å². The van der Waals surface area contributed by atoms with E-state index in [9.17, 15) is 0 Å². The highest BCUT2D eigenvalue weighted by Gasteiger charge is 2.20. The number of fused-ring (bicyclic) bond motifs is 1. The van der Waals surface area contributed by atoms with Gasteiger partial charge >= 0.3 is 0 Å². The molecule has 0 fully saturated rings. The van der Waals surface area contributed by atoms with Crippen LogP contribution in [-0.2, 0) is 6.61 Å². The maximum atomic E-state index is 9.10. The van der Waals surface area contributed by atoms with Gasteiger partial charge in [0.15, 0.2) is 17.6 Å². The Hall–Kier alpha value is -2.20. The molecule has 2 aromatic carbocycles. The Morgan fingerprint density at radius 3 is 2.75 bits per heavy atom. The molecule has 20 heavy (non-hydrogen) atoms. The standard InChI is InChI=1S/C16H16O4/c17-9-14-11-19-15-7-6-13(8-16(15)20-14)18-10-12-4-2-1-3-5-12/h1-8,14,17H,9-11H2. The minimum absolute atomic E-state index is 0.0610. The summed E-state index contributed by atoms with van der Waals surface area (Å²) < 4.78 is 16.9. The molecule has 1 aliphatic heterocycles. The Kier molecular flexibility index (Phi) is 3.74. The third-order valence-electron chi connectivity index (χ3n) is 3.09. The molecule has 0 saturated heterocycles. The summed E-state index contributed by atoms with van der Waals surface area (Å²) in [6.07, 6.45) is -0.313. The van der Waals surface area contributed by atoms with E-state index in [0.29, 0.717) is 24.7 Å². The van der Waals surface area contributed by atoms with Gasteiger partial charge in [0.25, 0.3) is 0 Å². The number of benzene rings is 2. The monoisotopic (exact) mass is 272 g/mol. The molecule has 1 unspecified atom stereocenters. The van der Waals surface area contributed by atoms with E-state index in [1.807, 2.05) is 42.5 Å². The Morgan fingerprint density at radius 1 is 1.10 bits per heavy atom. The summed E-state index contributed by atoms with van der Waals surface area (Å²) in [6, 6.07) is 15.4. The van der Waals surface area contributed by atoms with E-state index in [0.717, 1.165) is 11.3 Å². The molecular weight excluding hydrogens is 256 g/mol. The van der Waals surface area contributed by atoms with Crippen molar-refractivity contribution in [3.63, 3.8) is 0 Å². The highest BCUT2D eigenvalue weighted by Crippen LogP contribution is 2.35. The van der Waals surface area contributed by atoms with Crippen molar-refractivity contribution in [1.29, 1.82) is 0 Å². The van der Waals surface area contributed by atoms with Gasteiger partial charge in [-0.05, 0) is 17.7 Å². The molecule has 0 amide bonds. The van der Waals surface area contributed by atoms with Crippen LogP contribution >= 0.6 is 0 Å². The van der Waals surface area contributed by atoms with Crippen molar-refractivity contribution in [1.82, 2.24) is 0 Å². The second-order valence-electron chi connectivity index (χ2n) is 4.62. The molecule has 2 aromatic rings. The maximum absolute atomic E-state index is 9.10. The number of aliphatic hydroxyl groups is 1. The summed E-state index contributed by atoms with van der Waals surface area (Å²) in [5, 5.41) is 9.10. The molecule has 1 N–H and O–H groups in total. The smallest absolute Gasteiger partial charge is 0.165 e. The minimum atomic E-state index is -0.313. The molecule has 0 spiro atoms. The fourth-order valence-corrected chi connectivity index (χ4v) is 2.02. The van der Waals surface area contributed by atoms with E-state index in [1.54, 1.807) is 6.07 Å². The van der Waals surface area contributed by atoms with E-state index < -0.39 is 0 Å². The second kappa shape index (κ2) is 5.84. The lowest BCUT2D eigenvalue weighted by Crippen LogP contribution is -2.32. The van der Waals surface area contributed by atoms with Gasteiger partial charge in [0.2, 0.25) is 0 Å². The van der Waals surface area contributed by atoms with Crippen LogP contribution < -0.4 is 14.2 Å². The molecule has 0 bridgehead atoms. The quantitative estimate of drug-likeness (QED) is 0.928. The number of rotatable bonds is 4. The molecular formula is C16H16O4. The van der Waals surface area contributed by atoms with Crippen molar-refractivity contribution < 1.29 is 19.3 Å². The molecule has 1 heterocycles. The van der Waals surface area contributed by atoms with Gasteiger partial charge in [-0.3, -0.25) is 0 Å². The zero-order chi connectivity index (χ0) is 13.8. The van der Waals surface area contributed by atoms with E-state index in [1.165, 1.54) is 0 Å². The first-order valence-corrected chi connectivity index (χ1v) is 6.56. The van der Waals surface area contributed by atoms with Crippen LogP contribution in [-0.4, -0.2) is 24.4 Å². The molecule has 1 atom stereocenters. The molecule has 0 saturated carbocycles. The Morgan fingerprint density at radius 2 is 1.95 bits per heavy atom. The summed E-state index contributed by atoms with van der Waals surface area (Å²) in [6.45, 7) is 0.812. The summed E-state index contributed by atoms with van der Waals surface area (Å²) in [5.74, 6) is 2.01. The summed E-state index contributed by atoms with van der Waals surface area (Å²) in [5.41, 5.74) is 1.11. The Bertz CT molecular complexity index is 568. The van der Waals surface area contributed by atoms with E-state index in [2.05, 4.69) is 0 Å². The lowest BCUT2D eigenvalue weighted by molar-refractivity contribution is 0.0453. The topological polar surface area (TPSA) is 47.9 Å². The normalized spacial score (nSPS) is 16.8. The highest BCUT2D eigenvalue weighted by molar-refractivity contribution is 5.46. The first kappa shape index (κ1) is 12.8. The van der Waals surface area contributed by atoms with Gasteiger partial charge < -0.3 is 19.3 Å². The van der Waals surface area contributed by atoms with Crippen molar-refractivity contribution in [3.05, 3.63) is 54.1 Å². The molecule has 0 radical (unpaired) electrons. The van der Waals surface area contributed by atoms with Crippen LogP contribution in [0.2, 0.25) is 0 Å². The predicted molar refractivity (Wildman–Crippen MR) is 74.2 cm³/mol. The van der Waals surface area contributed by atoms with Crippen LogP contribution in [0.25, 0.3) is 0 Å². The summed E-state index contributed by atoms with van der Waals surface area (Å²) in [4.78, 5) is 0. The van der Waals surface area contributed by atoms with E-state index in [-0.39, 0.29) is 12.7 Å². The molecule has 3 rings (SSSR count). The number of aliphatic hydroxyl groups excluding tert-OH is 1. The fourth-order valence-electron chi connectivity index (χ4n) is 2.02. The van der Waals surface area contributed by atoms with Crippen molar-refractivity contribution in [2.45, 2.75) is 12.7 Å². The van der Waals surface area contributed by atoms with Gasteiger partial charge in [-0.15, -0.1) is 0 Å². The minimum Gasteiger partial charge on any atom is -0.489 e. The summed E-state index contributed by atoms with van der Waals surface area (Å²) in [7, 11) is 0. The number of ether oxygens (including phenoxy) is 3. The van der Waals surface area contributed by atoms with Crippen LogP contribution in [0.3, 0.4) is 0 Å². The molecule has 104 valence electrons. The fraction of sp³-hybridized carbons (Fsp3) is 0.250. The van der Waals surface area contributed by atoms with Gasteiger partial charge in [0.1, 0.15) is 19.0 Å². The van der Waals surface area contributed by atoms with Gasteiger partial charge in [0.05, 0.1) is 6.61 Å². The average Bonchev–Trinajstić information content (AvgIpc) is 2.53. The number of hydrogen-bond acceptors (Lipinski definition) is 4. The van der Waals surface area contributed by atoms with Crippen LogP contribution in [0, 0.1) is 0 Å². The molecule has 4 nitrogen and oxygen atoms in total. The van der Waals surface area contributed by atoms with Gasteiger partial charge in [0, 0.05) is 6.07 Å². The molecule has 0 aromatic heterocycles. The third kappa shape index (κ3) is 2.86. The SMILES string of the molecule is OCC1COc2ccc(OCc3ccccc3)cc2O1.